The van der Waals surface area contributed by atoms with Gasteiger partial charge in [-0.1, -0.05) is 6.07 Å². The molecule has 6 nitrogen and oxygen atoms in total. The van der Waals surface area contributed by atoms with E-state index in [1.54, 1.807) is 18.2 Å². The van der Waals surface area contributed by atoms with Crippen molar-refractivity contribution < 1.29 is 17.9 Å². The lowest BCUT2D eigenvalue weighted by atomic mass is 10.1. The lowest BCUT2D eigenvalue weighted by Gasteiger charge is -2.10. The molecule has 0 bridgehead atoms. The Morgan fingerprint density at radius 2 is 2.06 bits per heavy atom. The minimum absolute atomic E-state index is 0.298. The maximum absolute atomic E-state index is 11.7. The minimum Gasteiger partial charge on any atom is -0.496 e. The Kier molecular flexibility index (Phi) is 4.69. The van der Waals surface area contributed by atoms with Crippen molar-refractivity contribution in [1.82, 2.24) is 0 Å². The number of sulfone groups is 1. The van der Waals surface area contributed by atoms with Crippen LogP contribution in [0.25, 0.3) is 0 Å². The van der Waals surface area contributed by atoms with Gasteiger partial charge in [-0.3, -0.25) is 4.79 Å². The summed E-state index contributed by atoms with van der Waals surface area (Å²) in [6.45, 7) is 0.298. The normalized spacial score (nSPS) is 11.2. The highest BCUT2D eigenvalue weighted by Gasteiger charge is 2.18. The van der Waals surface area contributed by atoms with Crippen molar-refractivity contribution in [3.63, 3.8) is 0 Å². The molecule has 0 fully saturated rings. The highest BCUT2D eigenvalue weighted by molar-refractivity contribution is 7.91. The third-order valence-corrected chi connectivity index (χ3v) is 3.79. The van der Waals surface area contributed by atoms with E-state index < -0.39 is 21.5 Å². The first kappa shape index (κ1) is 14.5. The van der Waals surface area contributed by atoms with Crippen LogP contribution in [0, 0.1) is 0 Å². The van der Waals surface area contributed by atoms with Gasteiger partial charge in [0.05, 0.1) is 12.9 Å². The summed E-state index contributed by atoms with van der Waals surface area (Å²) in [6.07, 6.45) is 0. The molecule has 1 amide bonds. The molecule has 0 aliphatic rings. The lowest BCUT2D eigenvalue weighted by molar-refractivity contribution is -0.115. The summed E-state index contributed by atoms with van der Waals surface area (Å²) in [6, 6.07) is 5.05. The molecule has 0 aliphatic heterocycles. The Morgan fingerprint density at radius 1 is 1.39 bits per heavy atom. The van der Waals surface area contributed by atoms with Gasteiger partial charge in [0.1, 0.15) is 11.5 Å². The molecule has 0 radical (unpaired) electrons. The Hall–Kier alpha value is -1.60. The maximum atomic E-state index is 11.7. The maximum Gasteiger partial charge on any atom is 0.232 e. The van der Waals surface area contributed by atoms with Crippen molar-refractivity contribution in [2.45, 2.75) is 12.3 Å². The highest BCUT2D eigenvalue weighted by atomic mass is 32.2. The van der Waals surface area contributed by atoms with E-state index in [4.69, 9.17) is 16.2 Å². The molecule has 1 rings (SSSR count). The summed E-state index contributed by atoms with van der Waals surface area (Å²) >= 11 is 0. The molecule has 7 heteroatoms. The smallest absolute Gasteiger partial charge is 0.232 e. The SMILES string of the molecule is COc1ccc(CN)cc1CS(=O)(=O)CC(N)=O. The van der Waals surface area contributed by atoms with Crippen LogP contribution in [0.15, 0.2) is 18.2 Å². The number of methoxy groups -OCH3 is 1. The number of hydrogen-bond acceptors (Lipinski definition) is 5. The van der Waals surface area contributed by atoms with Crippen LogP contribution in [-0.2, 0) is 26.9 Å². The molecule has 0 atom stereocenters. The van der Waals surface area contributed by atoms with E-state index in [0.717, 1.165) is 5.56 Å². The second-order valence-electron chi connectivity index (χ2n) is 3.85. The number of nitrogens with two attached hydrogens (primary N) is 2. The van der Waals surface area contributed by atoms with Crippen LogP contribution in [0.1, 0.15) is 11.1 Å². The van der Waals surface area contributed by atoms with Crippen LogP contribution < -0.4 is 16.2 Å². The molecule has 0 spiro atoms. The lowest BCUT2D eigenvalue weighted by Crippen LogP contribution is -2.24. The number of amides is 1. The number of carbonyl (C=O) groups excluding carboxylic acids is 1. The van der Waals surface area contributed by atoms with Crippen molar-refractivity contribution in [2.75, 3.05) is 12.9 Å². The van der Waals surface area contributed by atoms with Gasteiger partial charge in [-0.15, -0.1) is 0 Å². The van der Waals surface area contributed by atoms with Crippen LogP contribution in [0.3, 0.4) is 0 Å². The summed E-state index contributed by atoms with van der Waals surface area (Å²) in [4.78, 5) is 10.7. The van der Waals surface area contributed by atoms with Crippen molar-refractivity contribution in [2.24, 2.45) is 11.5 Å². The molecule has 0 aliphatic carbocycles. The van der Waals surface area contributed by atoms with E-state index in [0.29, 0.717) is 17.9 Å². The van der Waals surface area contributed by atoms with Gasteiger partial charge in [-0.25, -0.2) is 8.42 Å². The number of hydrogen-bond donors (Lipinski definition) is 2. The van der Waals surface area contributed by atoms with Gasteiger partial charge in [-0.2, -0.15) is 0 Å². The fourth-order valence-corrected chi connectivity index (χ4v) is 2.81. The standard InChI is InChI=1S/C11H16N2O4S/c1-17-10-3-2-8(5-12)4-9(10)6-18(15,16)7-11(13)14/h2-4H,5-7,12H2,1H3,(H2,13,14). The molecule has 1 aromatic rings. The molecule has 0 aromatic heterocycles. The summed E-state index contributed by atoms with van der Waals surface area (Å²) in [5.74, 6) is -1.40. The van der Waals surface area contributed by atoms with E-state index in [1.807, 2.05) is 0 Å². The Morgan fingerprint density at radius 3 is 2.56 bits per heavy atom. The van der Waals surface area contributed by atoms with Crippen molar-refractivity contribution in [3.05, 3.63) is 29.3 Å². The van der Waals surface area contributed by atoms with Gasteiger partial charge >= 0.3 is 0 Å². The van der Waals surface area contributed by atoms with Gasteiger partial charge in [-0.05, 0) is 17.7 Å². The quantitative estimate of drug-likeness (QED) is 0.728. The van der Waals surface area contributed by atoms with Gasteiger partial charge in [0, 0.05) is 12.1 Å². The summed E-state index contributed by atoms with van der Waals surface area (Å²) in [5.41, 5.74) is 11.6. The second-order valence-corrected chi connectivity index (χ2v) is 5.91. The highest BCUT2D eigenvalue weighted by Crippen LogP contribution is 2.22. The Balaban J connectivity index is 3.05. The molecule has 100 valence electrons. The second kappa shape index (κ2) is 5.83. The van der Waals surface area contributed by atoms with E-state index in [-0.39, 0.29) is 5.75 Å². The fraction of sp³-hybridized carbons (Fsp3) is 0.364. The van der Waals surface area contributed by atoms with Crippen LogP contribution in [0.2, 0.25) is 0 Å². The van der Waals surface area contributed by atoms with Gasteiger partial charge in [0.25, 0.3) is 0 Å². The van der Waals surface area contributed by atoms with Crippen molar-refractivity contribution >= 4 is 15.7 Å². The first-order valence-electron chi connectivity index (χ1n) is 5.22. The first-order valence-corrected chi connectivity index (χ1v) is 7.04. The zero-order chi connectivity index (χ0) is 13.8. The molecule has 0 saturated heterocycles. The summed E-state index contributed by atoms with van der Waals surface area (Å²) < 4.78 is 28.5. The van der Waals surface area contributed by atoms with Gasteiger partial charge < -0.3 is 16.2 Å². The molecular formula is C11H16N2O4S. The molecule has 0 heterocycles. The van der Waals surface area contributed by atoms with Crippen LogP contribution in [0.4, 0.5) is 0 Å². The van der Waals surface area contributed by atoms with Gasteiger partial charge in [0.15, 0.2) is 9.84 Å². The zero-order valence-electron chi connectivity index (χ0n) is 10.0. The van der Waals surface area contributed by atoms with Crippen LogP contribution in [-0.4, -0.2) is 27.2 Å². The van der Waals surface area contributed by atoms with E-state index in [9.17, 15) is 13.2 Å². The van der Waals surface area contributed by atoms with Gasteiger partial charge in [0.2, 0.25) is 5.91 Å². The summed E-state index contributed by atoms with van der Waals surface area (Å²) in [5, 5.41) is 0. The predicted octanol–water partition coefficient (Wildman–Crippen LogP) is -0.446. The van der Waals surface area contributed by atoms with E-state index >= 15 is 0 Å². The molecular weight excluding hydrogens is 256 g/mol. The largest absolute Gasteiger partial charge is 0.496 e. The van der Waals surface area contributed by atoms with E-state index in [1.165, 1.54) is 7.11 Å². The monoisotopic (exact) mass is 272 g/mol. The Labute approximate surface area is 106 Å². The molecule has 18 heavy (non-hydrogen) atoms. The van der Waals surface area contributed by atoms with E-state index in [2.05, 4.69) is 0 Å². The zero-order valence-corrected chi connectivity index (χ0v) is 10.9. The average molecular weight is 272 g/mol. The van der Waals surface area contributed by atoms with Crippen LogP contribution >= 0.6 is 0 Å². The number of benzene rings is 1. The number of primary amides is 1. The third kappa shape index (κ3) is 4.01. The minimum atomic E-state index is -3.59. The average Bonchev–Trinajstić information content (AvgIpc) is 2.26. The number of carbonyl (C=O) groups is 1. The predicted molar refractivity (Wildman–Crippen MR) is 67.6 cm³/mol. The molecule has 1 aromatic carbocycles. The topological polar surface area (TPSA) is 112 Å². The first-order chi connectivity index (χ1) is 8.38. The fourth-order valence-electron chi connectivity index (χ4n) is 1.58. The van der Waals surface area contributed by atoms with Crippen molar-refractivity contribution in [1.29, 1.82) is 0 Å². The Bertz CT molecular complexity index is 540. The van der Waals surface area contributed by atoms with Crippen LogP contribution in [0.5, 0.6) is 5.75 Å². The molecule has 0 unspecified atom stereocenters. The molecule has 0 saturated carbocycles. The molecule has 4 N–H and O–H groups in total. The number of rotatable bonds is 6. The van der Waals surface area contributed by atoms with Crippen molar-refractivity contribution in [3.8, 4) is 5.75 Å². The summed E-state index contributed by atoms with van der Waals surface area (Å²) in [7, 11) is -2.14. The number of ether oxygens (including phenoxy) is 1. The third-order valence-electron chi connectivity index (χ3n) is 2.32.